The van der Waals surface area contributed by atoms with Crippen molar-refractivity contribution in [1.29, 1.82) is 0 Å². The minimum atomic E-state index is -0.506. The number of aliphatic hydroxyl groups excluding tert-OH is 1. The zero-order valence-corrected chi connectivity index (χ0v) is 12.8. The maximum absolute atomic E-state index is 9.99. The molecular formula is C17H20ClNO2. The first-order valence-electron chi connectivity index (χ1n) is 6.99. The van der Waals surface area contributed by atoms with Crippen molar-refractivity contribution in [3.05, 3.63) is 64.7 Å². The van der Waals surface area contributed by atoms with Crippen molar-refractivity contribution < 1.29 is 9.84 Å². The van der Waals surface area contributed by atoms with Gasteiger partial charge in [-0.05, 0) is 30.2 Å². The van der Waals surface area contributed by atoms with E-state index < -0.39 is 6.10 Å². The highest BCUT2D eigenvalue weighted by Gasteiger charge is 2.06. The molecule has 3 nitrogen and oxygen atoms in total. The molecule has 1 atom stereocenters. The van der Waals surface area contributed by atoms with Gasteiger partial charge in [-0.2, -0.15) is 0 Å². The SMILES string of the molecule is Cc1ccc(Cl)c(OCCNCC(O)c2ccccc2)c1. The van der Waals surface area contributed by atoms with Crippen molar-refractivity contribution >= 4 is 11.6 Å². The summed E-state index contributed by atoms with van der Waals surface area (Å²) in [5, 5.41) is 13.8. The fourth-order valence-electron chi connectivity index (χ4n) is 1.99. The summed E-state index contributed by atoms with van der Waals surface area (Å²) in [5.41, 5.74) is 2.02. The monoisotopic (exact) mass is 305 g/mol. The van der Waals surface area contributed by atoms with Gasteiger partial charge < -0.3 is 15.2 Å². The van der Waals surface area contributed by atoms with E-state index in [2.05, 4.69) is 5.32 Å². The van der Waals surface area contributed by atoms with Crippen LogP contribution in [-0.4, -0.2) is 24.8 Å². The lowest BCUT2D eigenvalue weighted by Gasteiger charge is -2.13. The quantitative estimate of drug-likeness (QED) is 0.771. The average Bonchev–Trinajstić information content (AvgIpc) is 2.51. The Balaban J connectivity index is 1.69. The standard InChI is InChI=1S/C17H20ClNO2/c1-13-7-8-15(18)17(11-13)21-10-9-19-12-16(20)14-5-3-2-4-6-14/h2-8,11,16,19-20H,9-10,12H2,1H3. The lowest BCUT2D eigenvalue weighted by molar-refractivity contribution is 0.172. The molecule has 0 aromatic heterocycles. The first kappa shape index (κ1) is 15.8. The molecule has 112 valence electrons. The molecule has 2 rings (SSSR count). The van der Waals surface area contributed by atoms with Crippen LogP contribution in [0.1, 0.15) is 17.2 Å². The molecule has 0 bridgehead atoms. The van der Waals surface area contributed by atoms with Crippen LogP contribution < -0.4 is 10.1 Å². The molecule has 0 aliphatic heterocycles. The van der Waals surface area contributed by atoms with E-state index in [1.165, 1.54) is 0 Å². The number of halogens is 1. The maximum Gasteiger partial charge on any atom is 0.138 e. The topological polar surface area (TPSA) is 41.5 Å². The van der Waals surface area contributed by atoms with E-state index in [0.29, 0.717) is 30.5 Å². The van der Waals surface area contributed by atoms with Crippen LogP contribution in [0, 0.1) is 6.92 Å². The molecule has 0 fully saturated rings. The minimum Gasteiger partial charge on any atom is -0.491 e. The Morgan fingerprint density at radius 3 is 2.71 bits per heavy atom. The van der Waals surface area contributed by atoms with Crippen molar-refractivity contribution in [2.75, 3.05) is 19.7 Å². The van der Waals surface area contributed by atoms with E-state index in [4.69, 9.17) is 16.3 Å². The number of rotatable bonds is 7. The number of aryl methyl sites for hydroxylation is 1. The average molecular weight is 306 g/mol. The fraction of sp³-hybridized carbons (Fsp3) is 0.294. The number of ether oxygens (including phenoxy) is 1. The van der Waals surface area contributed by atoms with E-state index in [0.717, 1.165) is 11.1 Å². The Morgan fingerprint density at radius 1 is 1.19 bits per heavy atom. The lowest BCUT2D eigenvalue weighted by Crippen LogP contribution is -2.26. The molecule has 0 radical (unpaired) electrons. The van der Waals surface area contributed by atoms with E-state index in [-0.39, 0.29) is 0 Å². The predicted octanol–water partition coefficient (Wildman–Crippen LogP) is 3.35. The molecule has 21 heavy (non-hydrogen) atoms. The number of aliphatic hydroxyl groups is 1. The first-order chi connectivity index (χ1) is 10.2. The van der Waals surface area contributed by atoms with Crippen molar-refractivity contribution in [2.45, 2.75) is 13.0 Å². The lowest BCUT2D eigenvalue weighted by atomic mass is 10.1. The van der Waals surface area contributed by atoms with Gasteiger partial charge >= 0.3 is 0 Å². The van der Waals surface area contributed by atoms with E-state index in [9.17, 15) is 5.11 Å². The summed E-state index contributed by atoms with van der Waals surface area (Å²) in [6.07, 6.45) is -0.506. The molecule has 0 heterocycles. The van der Waals surface area contributed by atoms with Gasteiger partial charge in [-0.25, -0.2) is 0 Å². The first-order valence-corrected chi connectivity index (χ1v) is 7.37. The third-order valence-corrected chi connectivity index (χ3v) is 3.46. The van der Waals surface area contributed by atoms with Crippen LogP contribution in [0.25, 0.3) is 0 Å². The second-order valence-corrected chi connectivity index (χ2v) is 5.32. The molecule has 2 aromatic rings. The highest BCUT2D eigenvalue weighted by molar-refractivity contribution is 6.32. The van der Waals surface area contributed by atoms with Gasteiger partial charge in [-0.1, -0.05) is 48.0 Å². The van der Waals surface area contributed by atoms with Crippen LogP contribution >= 0.6 is 11.6 Å². The Labute approximate surface area is 130 Å². The van der Waals surface area contributed by atoms with Crippen LogP contribution in [0.3, 0.4) is 0 Å². The highest BCUT2D eigenvalue weighted by atomic mass is 35.5. The second kappa shape index (κ2) is 8.03. The number of benzene rings is 2. The highest BCUT2D eigenvalue weighted by Crippen LogP contribution is 2.24. The van der Waals surface area contributed by atoms with E-state index in [1.807, 2.05) is 55.5 Å². The van der Waals surface area contributed by atoms with E-state index >= 15 is 0 Å². The third kappa shape index (κ3) is 5.05. The van der Waals surface area contributed by atoms with Gasteiger partial charge in [0.1, 0.15) is 12.4 Å². The summed E-state index contributed by atoms with van der Waals surface area (Å²) in [5.74, 6) is 0.696. The summed E-state index contributed by atoms with van der Waals surface area (Å²) in [7, 11) is 0. The van der Waals surface area contributed by atoms with Gasteiger partial charge in [0, 0.05) is 13.1 Å². The van der Waals surface area contributed by atoms with Gasteiger partial charge in [-0.3, -0.25) is 0 Å². The van der Waals surface area contributed by atoms with Crippen molar-refractivity contribution in [1.82, 2.24) is 5.32 Å². The summed E-state index contributed by atoms with van der Waals surface area (Å²) in [6, 6.07) is 15.3. The Bertz CT molecular complexity index is 560. The zero-order valence-electron chi connectivity index (χ0n) is 12.1. The summed E-state index contributed by atoms with van der Waals surface area (Å²) >= 11 is 6.05. The number of nitrogens with one attached hydrogen (secondary N) is 1. The number of hydrogen-bond acceptors (Lipinski definition) is 3. The minimum absolute atomic E-state index is 0.495. The van der Waals surface area contributed by atoms with Gasteiger partial charge in [0.05, 0.1) is 11.1 Å². The molecule has 4 heteroatoms. The summed E-state index contributed by atoms with van der Waals surface area (Å²) in [4.78, 5) is 0. The molecule has 1 unspecified atom stereocenters. The smallest absolute Gasteiger partial charge is 0.138 e. The summed E-state index contributed by atoms with van der Waals surface area (Å²) in [6.45, 7) is 3.64. The number of hydrogen-bond donors (Lipinski definition) is 2. The molecule has 0 spiro atoms. The Morgan fingerprint density at radius 2 is 1.95 bits per heavy atom. The fourth-order valence-corrected chi connectivity index (χ4v) is 2.16. The van der Waals surface area contributed by atoms with Crippen LogP contribution in [0.15, 0.2) is 48.5 Å². The normalized spacial score (nSPS) is 12.1. The van der Waals surface area contributed by atoms with Crippen LogP contribution in [0.5, 0.6) is 5.75 Å². The van der Waals surface area contributed by atoms with Gasteiger partial charge in [-0.15, -0.1) is 0 Å². The summed E-state index contributed by atoms with van der Waals surface area (Å²) < 4.78 is 5.63. The van der Waals surface area contributed by atoms with Crippen LogP contribution in [-0.2, 0) is 0 Å². The molecule has 0 aliphatic rings. The maximum atomic E-state index is 9.99. The third-order valence-electron chi connectivity index (χ3n) is 3.15. The van der Waals surface area contributed by atoms with Gasteiger partial charge in [0.2, 0.25) is 0 Å². The van der Waals surface area contributed by atoms with Gasteiger partial charge in [0.15, 0.2) is 0 Å². The molecule has 2 N–H and O–H groups in total. The molecule has 0 saturated carbocycles. The second-order valence-electron chi connectivity index (χ2n) is 4.91. The Hall–Kier alpha value is -1.55. The Kier molecular flexibility index (Phi) is 6.05. The predicted molar refractivity (Wildman–Crippen MR) is 86.0 cm³/mol. The van der Waals surface area contributed by atoms with Gasteiger partial charge in [0.25, 0.3) is 0 Å². The zero-order chi connectivity index (χ0) is 15.1. The largest absolute Gasteiger partial charge is 0.491 e. The van der Waals surface area contributed by atoms with Crippen LogP contribution in [0.2, 0.25) is 5.02 Å². The molecule has 0 saturated heterocycles. The molecule has 2 aromatic carbocycles. The van der Waals surface area contributed by atoms with Crippen molar-refractivity contribution in [3.8, 4) is 5.75 Å². The molecule has 0 aliphatic carbocycles. The molecule has 0 amide bonds. The molecular weight excluding hydrogens is 286 g/mol. The van der Waals surface area contributed by atoms with Crippen LogP contribution in [0.4, 0.5) is 0 Å². The van der Waals surface area contributed by atoms with Crippen molar-refractivity contribution in [2.24, 2.45) is 0 Å². The van der Waals surface area contributed by atoms with Crippen molar-refractivity contribution in [3.63, 3.8) is 0 Å². The van der Waals surface area contributed by atoms with E-state index in [1.54, 1.807) is 0 Å².